The minimum Gasteiger partial charge on any atom is -0.373 e. The van der Waals surface area contributed by atoms with Crippen LogP contribution in [0.25, 0.3) is 0 Å². The van der Waals surface area contributed by atoms with Crippen molar-refractivity contribution in [1.82, 2.24) is 4.90 Å². The van der Waals surface area contributed by atoms with Crippen molar-refractivity contribution in [3.63, 3.8) is 0 Å². The summed E-state index contributed by atoms with van der Waals surface area (Å²) in [5.74, 6) is 1.08. The van der Waals surface area contributed by atoms with Gasteiger partial charge >= 0.3 is 0 Å². The van der Waals surface area contributed by atoms with Crippen LogP contribution in [-0.2, 0) is 9.53 Å². The van der Waals surface area contributed by atoms with Gasteiger partial charge in [-0.1, -0.05) is 32.1 Å². The van der Waals surface area contributed by atoms with Gasteiger partial charge < -0.3 is 15.4 Å². The first-order valence-corrected chi connectivity index (χ1v) is 7.39. The van der Waals surface area contributed by atoms with Crippen molar-refractivity contribution in [2.75, 3.05) is 26.2 Å². The molecular formula is C14H26N2O2. The van der Waals surface area contributed by atoms with E-state index in [0.29, 0.717) is 32.0 Å². The van der Waals surface area contributed by atoms with Crippen LogP contribution < -0.4 is 5.73 Å². The monoisotopic (exact) mass is 254 g/mol. The summed E-state index contributed by atoms with van der Waals surface area (Å²) in [5, 5.41) is 0. The zero-order chi connectivity index (χ0) is 12.8. The number of nitrogens with zero attached hydrogens (tertiary/aromatic N) is 1. The van der Waals surface area contributed by atoms with E-state index in [-0.39, 0.29) is 6.10 Å². The third-order valence-corrected chi connectivity index (χ3v) is 4.25. The topological polar surface area (TPSA) is 55.6 Å². The Morgan fingerprint density at radius 1 is 1.28 bits per heavy atom. The fraction of sp³-hybridized carbons (Fsp3) is 0.929. The van der Waals surface area contributed by atoms with Crippen molar-refractivity contribution in [1.29, 1.82) is 0 Å². The van der Waals surface area contributed by atoms with E-state index in [0.717, 1.165) is 18.9 Å². The molecule has 2 N–H and O–H groups in total. The summed E-state index contributed by atoms with van der Waals surface area (Å²) < 4.78 is 5.48. The van der Waals surface area contributed by atoms with Crippen LogP contribution in [0, 0.1) is 5.92 Å². The minimum atomic E-state index is 0.0392. The first-order chi connectivity index (χ1) is 8.79. The molecule has 0 bridgehead atoms. The number of hydrogen-bond acceptors (Lipinski definition) is 3. The van der Waals surface area contributed by atoms with Gasteiger partial charge in [-0.25, -0.2) is 0 Å². The molecule has 18 heavy (non-hydrogen) atoms. The predicted molar refractivity (Wildman–Crippen MR) is 71.2 cm³/mol. The largest absolute Gasteiger partial charge is 0.373 e. The summed E-state index contributed by atoms with van der Waals surface area (Å²) in [6.45, 7) is 2.56. The van der Waals surface area contributed by atoms with Gasteiger partial charge in [0.05, 0.1) is 12.7 Å². The average Bonchev–Trinajstić information content (AvgIpc) is 2.46. The van der Waals surface area contributed by atoms with Gasteiger partial charge in [-0.3, -0.25) is 4.79 Å². The third kappa shape index (κ3) is 3.95. The summed E-state index contributed by atoms with van der Waals surface area (Å²) in [7, 11) is 0. The highest BCUT2D eigenvalue weighted by Crippen LogP contribution is 2.27. The molecule has 0 aromatic carbocycles. The molecular weight excluding hydrogens is 228 g/mol. The van der Waals surface area contributed by atoms with Gasteiger partial charge in [0, 0.05) is 26.1 Å². The molecule has 2 rings (SSSR count). The van der Waals surface area contributed by atoms with Gasteiger partial charge in [0.2, 0.25) is 5.91 Å². The number of morpholine rings is 1. The molecule has 0 aromatic heterocycles. The van der Waals surface area contributed by atoms with Gasteiger partial charge in [-0.05, 0) is 12.3 Å². The quantitative estimate of drug-likeness (QED) is 0.828. The lowest BCUT2D eigenvalue weighted by molar-refractivity contribution is -0.138. The van der Waals surface area contributed by atoms with Crippen LogP contribution in [0.2, 0.25) is 0 Å². The summed E-state index contributed by atoms with van der Waals surface area (Å²) >= 11 is 0. The minimum absolute atomic E-state index is 0.0392. The smallest absolute Gasteiger partial charge is 0.222 e. The second-order valence-electron chi connectivity index (χ2n) is 5.61. The Bertz CT molecular complexity index is 265. The number of nitrogens with two attached hydrogens (primary N) is 1. The Morgan fingerprint density at radius 3 is 2.78 bits per heavy atom. The van der Waals surface area contributed by atoms with E-state index in [1.54, 1.807) is 0 Å². The molecule has 1 unspecified atom stereocenters. The van der Waals surface area contributed by atoms with E-state index >= 15 is 0 Å². The zero-order valence-corrected chi connectivity index (χ0v) is 11.3. The summed E-state index contributed by atoms with van der Waals surface area (Å²) in [4.78, 5) is 14.1. The zero-order valence-electron chi connectivity index (χ0n) is 11.3. The molecule has 1 atom stereocenters. The SMILES string of the molecule is NCC1CN(C(=O)CCC2CCCCC2)CCO1. The Kier molecular flexibility index (Phi) is 5.45. The molecule has 0 radical (unpaired) electrons. The van der Waals surface area contributed by atoms with E-state index in [1.165, 1.54) is 32.1 Å². The first kappa shape index (κ1) is 13.8. The van der Waals surface area contributed by atoms with Gasteiger partial charge in [-0.15, -0.1) is 0 Å². The van der Waals surface area contributed by atoms with Gasteiger partial charge in [-0.2, -0.15) is 0 Å². The Labute approximate surface area is 110 Å². The molecule has 1 heterocycles. The van der Waals surface area contributed by atoms with Crippen LogP contribution in [0.4, 0.5) is 0 Å². The number of hydrogen-bond donors (Lipinski definition) is 1. The molecule has 1 amide bonds. The summed E-state index contributed by atoms with van der Waals surface area (Å²) in [6, 6.07) is 0. The van der Waals surface area contributed by atoms with Crippen LogP contribution in [-0.4, -0.2) is 43.2 Å². The first-order valence-electron chi connectivity index (χ1n) is 7.39. The highest BCUT2D eigenvalue weighted by atomic mass is 16.5. The third-order valence-electron chi connectivity index (χ3n) is 4.25. The molecule has 1 saturated heterocycles. The van der Waals surface area contributed by atoms with Gasteiger partial charge in [0.15, 0.2) is 0 Å². The highest BCUT2D eigenvalue weighted by Gasteiger charge is 2.24. The Balaban J connectivity index is 1.70. The maximum atomic E-state index is 12.1. The summed E-state index contributed by atoms with van der Waals surface area (Å²) in [5.41, 5.74) is 5.59. The number of ether oxygens (including phenoxy) is 1. The standard InChI is InChI=1S/C14H26N2O2/c15-10-13-11-16(8-9-18-13)14(17)7-6-12-4-2-1-3-5-12/h12-13H,1-11,15H2. The van der Waals surface area contributed by atoms with Crippen LogP contribution in [0.1, 0.15) is 44.9 Å². The van der Waals surface area contributed by atoms with E-state index in [2.05, 4.69) is 0 Å². The van der Waals surface area contributed by atoms with Crippen molar-refractivity contribution >= 4 is 5.91 Å². The predicted octanol–water partition coefficient (Wildman–Crippen LogP) is 1.53. The number of amides is 1. The normalized spacial score (nSPS) is 26.3. The molecule has 1 aliphatic carbocycles. The molecule has 2 fully saturated rings. The van der Waals surface area contributed by atoms with Crippen molar-refractivity contribution in [3.05, 3.63) is 0 Å². The van der Waals surface area contributed by atoms with Crippen molar-refractivity contribution in [2.45, 2.75) is 51.0 Å². The van der Waals surface area contributed by atoms with Crippen LogP contribution in [0.15, 0.2) is 0 Å². The number of carbonyl (C=O) groups excluding carboxylic acids is 1. The number of rotatable bonds is 4. The number of carbonyl (C=O) groups is 1. The van der Waals surface area contributed by atoms with Gasteiger partial charge in [0.1, 0.15) is 0 Å². The van der Waals surface area contributed by atoms with Crippen LogP contribution in [0.5, 0.6) is 0 Å². The van der Waals surface area contributed by atoms with E-state index in [4.69, 9.17) is 10.5 Å². The van der Waals surface area contributed by atoms with E-state index in [1.807, 2.05) is 4.90 Å². The lowest BCUT2D eigenvalue weighted by Crippen LogP contribution is -2.48. The lowest BCUT2D eigenvalue weighted by Gasteiger charge is -2.33. The van der Waals surface area contributed by atoms with Crippen molar-refractivity contribution < 1.29 is 9.53 Å². The second kappa shape index (κ2) is 7.10. The van der Waals surface area contributed by atoms with Gasteiger partial charge in [0.25, 0.3) is 0 Å². The van der Waals surface area contributed by atoms with Crippen LogP contribution >= 0.6 is 0 Å². The molecule has 2 aliphatic rings. The maximum absolute atomic E-state index is 12.1. The molecule has 1 aliphatic heterocycles. The fourth-order valence-corrected chi connectivity index (χ4v) is 3.05. The maximum Gasteiger partial charge on any atom is 0.222 e. The second-order valence-corrected chi connectivity index (χ2v) is 5.61. The molecule has 0 spiro atoms. The lowest BCUT2D eigenvalue weighted by atomic mass is 9.86. The molecule has 4 nitrogen and oxygen atoms in total. The van der Waals surface area contributed by atoms with E-state index in [9.17, 15) is 4.79 Å². The van der Waals surface area contributed by atoms with E-state index < -0.39 is 0 Å². The van der Waals surface area contributed by atoms with Crippen molar-refractivity contribution in [2.24, 2.45) is 11.7 Å². The molecule has 104 valence electrons. The molecule has 4 heteroatoms. The summed E-state index contributed by atoms with van der Waals surface area (Å²) in [6.07, 6.45) is 8.55. The fourth-order valence-electron chi connectivity index (χ4n) is 3.05. The van der Waals surface area contributed by atoms with Crippen molar-refractivity contribution in [3.8, 4) is 0 Å². The van der Waals surface area contributed by atoms with Crippen LogP contribution in [0.3, 0.4) is 0 Å². The average molecular weight is 254 g/mol. The Hall–Kier alpha value is -0.610. The molecule has 0 aromatic rings. The highest BCUT2D eigenvalue weighted by molar-refractivity contribution is 5.76. The molecule has 1 saturated carbocycles. The Morgan fingerprint density at radius 2 is 2.06 bits per heavy atom.